The van der Waals surface area contributed by atoms with Crippen LogP contribution in [0.3, 0.4) is 0 Å². The first-order valence-electron chi connectivity index (χ1n) is 10.3. The maximum absolute atomic E-state index is 12.2. The van der Waals surface area contributed by atoms with E-state index in [1.54, 1.807) is 18.2 Å². The molecule has 6 heteroatoms. The number of anilines is 1. The Bertz CT molecular complexity index is 1050. The first-order chi connectivity index (χ1) is 15.0. The highest BCUT2D eigenvalue weighted by Crippen LogP contribution is 2.44. The van der Waals surface area contributed by atoms with E-state index in [1.165, 1.54) is 0 Å². The summed E-state index contributed by atoms with van der Waals surface area (Å²) in [5, 5.41) is 23.1. The van der Waals surface area contributed by atoms with Gasteiger partial charge in [-0.1, -0.05) is 60.7 Å². The number of hydrogen-bond acceptors (Lipinski definition) is 5. The van der Waals surface area contributed by atoms with Crippen LogP contribution in [0.15, 0.2) is 66.7 Å². The molecule has 2 atom stereocenters. The van der Waals surface area contributed by atoms with E-state index in [4.69, 9.17) is 10.5 Å². The van der Waals surface area contributed by atoms with Crippen molar-refractivity contribution in [3.05, 3.63) is 89.0 Å². The summed E-state index contributed by atoms with van der Waals surface area (Å²) in [6, 6.07) is 21.3. The van der Waals surface area contributed by atoms with E-state index in [2.05, 4.69) is 29.6 Å². The molecule has 3 aromatic rings. The van der Waals surface area contributed by atoms with Crippen molar-refractivity contribution < 1.29 is 19.7 Å². The van der Waals surface area contributed by atoms with Gasteiger partial charge in [0.05, 0.1) is 0 Å². The number of aryl methyl sites for hydroxylation is 1. The van der Waals surface area contributed by atoms with Crippen molar-refractivity contribution in [3.8, 4) is 11.1 Å². The second-order valence-corrected chi connectivity index (χ2v) is 7.83. The normalized spacial score (nSPS) is 14.4. The number of nitrogen functional groups attached to an aromatic ring is 1. The summed E-state index contributed by atoms with van der Waals surface area (Å²) in [5.41, 5.74) is 12.4. The van der Waals surface area contributed by atoms with E-state index in [1.807, 2.05) is 31.2 Å². The lowest BCUT2D eigenvalue weighted by molar-refractivity contribution is 0.0186. The zero-order valence-corrected chi connectivity index (χ0v) is 17.3. The summed E-state index contributed by atoms with van der Waals surface area (Å²) < 4.78 is 5.45. The number of benzene rings is 3. The molecule has 0 spiro atoms. The number of hydrogen-bond donors (Lipinski definition) is 4. The minimum atomic E-state index is -1.19. The highest BCUT2D eigenvalue weighted by atomic mass is 16.5. The molecule has 2 unspecified atom stereocenters. The van der Waals surface area contributed by atoms with Crippen LogP contribution in [-0.2, 0) is 4.74 Å². The number of aliphatic hydroxyl groups excluding tert-OH is 2. The van der Waals surface area contributed by atoms with Crippen molar-refractivity contribution in [3.63, 3.8) is 0 Å². The Morgan fingerprint density at radius 2 is 1.65 bits per heavy atom. The lowest BCUT2D eigenvalue weighted by Crippen LogP contribution is -2.36. The van der Waals surface area contributed by atoms with Crippen molar-refractivity contribution >= 4 is 11.8 Å². The van der Waals surface area contributed by atoms with Gasteiger partial charge in [-0.15, -0.1) is 0 Å². The number of amides is 1. The van der Waals surface area contributed by atoms with Gasteiger partial charge in [-0.25, -0.2) is 4.79 Å². The molecular formula is C25H26N2O4. The average Bonchev–Trinajstić information content (AvgIpc) is 3.11. The van der Waals surface area contributed by atoms with Crippen LogP contribution in [0.5, 0.6) is 0 Å². The molecule has 1 amide bonds. The minimum absolute atomic E-state index is 0.0378. The quantitative estimate of drug-likeness (QED) is 0.459. The van der Waals surface area contributed by atoms with Crippen LogP contribution in [0.2, 0.25) is 0 Å². The van der Waals surface area contributed by atoms with E-state index >= 15 is 0 Å². The van der Waals surface area contributed by atoms with E-state index < -0.39 is 18.3 Å². The predicted molar refractivity (Wildman–Crippen MR) is 120 cm³/mol. The number of alkyl carbamates (subject to hydrolysis) is 1. The summed E-state index contributed by atoms with van der Waals surface area (Å²) in [7, 11) is 0. The summed E-state index contributed by atoms with van der Waals surface area (Å²) in [5.74, 6) is -0.0378. The van der Waals surface area contributed by atoms with Gasteiger partial charge in [0.15, 0.2) is 0 Å². The number of aliphatic hydroxyl groups is 2. The minimum Gasteiger partial charge on any atom is -0.449 e. The van der Waals surface area contributed by atoms with Gasteiger partial charge in [-0.2, -0.15) is 0 Å². The Morgan fingerprint density at radius 1 is 1.03 bits per heavy atom. The lowest BCUT2D eigenvalue weighted by Gasteiger charge is -2.20. The summed E-state index contributed by atoms with van der Waals surface area (Å²) in [6.07, 6.45) is -3.00. The Balaban J connectivity index is 1.34. The highest BCUT2D eigenvalue weighted by molar-refractivity contribution is 5.79. The smallest absolute Gasteiger partial charge is 0.407 e. The van der Waals surface area contributed by atoms with Crippen LogP contribution in [0.25, 0.3) is 11.1 Å². The monoisotopic (exact) mass is 418 g/mol. The Morgan fingerprint density at radius 3 is 2.26 bits per heavy atom. The summed E-state index contributed by atoms with van der Waals surface area (Å²) >= 11 is 0. The van der Waals surface area contributed by atoms with Crippen molar-refractivity contribution in [2.45, 2.75) is 25.0 Å². The number of ether oxygens (including phenoxy) is 1. The molecule has 0 bridgehead atoms. The van der Waals surface area contributed by atoms with Crippen LogP contribution < -0.4 is 11.1 Å². The SMILES string of the molecule is Cc1ccc(C(O)C(O)CNC(=O)OCC2c3ccccc3-c3ccccc32)cc1N. The standard InChI is InChI=1S/C25H26N2O4/c1-15-10-11-16(12-22(15)26)24(29)23(28)13-27-25(30)31-14-21-19-8-4-2-6-17(19)18-7-3-5-9-20(18)21/h2-12,21,23-24,28-29H,13-14,26H2,1H3,(H,27,30). The third-order valence-corrected chi connectivity index (χ3v) is 5.81. The van der Waals surface area contributed by atoms with Gasteiger partial charge in [0.2, 0.25) is 0 Å². The Kier molecular flexibility index (Phi) is 5.93. The number of fused-ring (bicyclic) bond motifs is 3. The third kappa shape index (κ3) is 4.26. The van der Waals surface area contributed by atoms with Crippen LogP contribution in [0, 0.1) is 6.92 Å². The fraction of sp³-hybridized carbons (Fsp3) is 0.240. The predicted octanol–water partition coefficient (Wildman–Crippen LogP) is 3.51. The number of carbonyl (C=O) groups excluding carboxylic acids is 1. The fourth-order valence-electron chi connectivity index (χ4n) is 4.01. The van der Waals surface area contributed by atoms with Crippen LogP contribution in [0.1, 0.15) is 34.3 Å². The lowest BCUT2D eigenvalue weighted by atomic mass is 9.98. The molecule has 0 aromatic heterocycles. The van der Waals surface area contributed by atoms with Crippen LogP contribution in [0.4, 0.5) is 10.5 Å². The molecular weight excluding hydrogens is 392 g/mol. The van der Waals surface area contributed by atoms with Crippen LogP contribution in [-0.4, -0.2) is 35.6 Å². The summed E-state index contributed by atoms with van der Waals surface area (Å²) in [4.78, 5) is 12.2. The van der Waals surface area contributed by atoms with Gasteiger partial charge in [0.25, 0.3) is 0 Å². The van der Waals surface area contributed by atoms with Crippen molar-refractivity contribution in [2.75, 3.05) is 18.9 Å². The Labute approximate surface area is 181 Å². The number of nitrogens with two attached hydrogens (primary N) is 1. The van der Waals surface area contributed by atoms with E-state index in [0.717, 1.165) is 27.8 Å². The van der Waals surface area contributed by atoms with E-state index in [0.29, 0.717) is 11.3 Å². The van der Waals surface area contributed by atoms with Gasteiger partial charge < -0.3 is 26.0 Å². The van der Waals surface area contributed by atoms with Gasteiger partial charge >= 0.3 is 6.09 Å². The molecule has 0 heterocycles. The molecule has 0 saturated carbocycles. The third-order valence-electron chi connectivity index (χ3n) is 5.81. The first kappa shape index (κ1) is 20.9. The molecule has 0 fully saturated rings. The number of rotatable bonds is 6. The van der Waals surface area contributed by atoms with Gasteiger partial charge in [0, 0.05) is 18.2 Å². The molecule has 0 radical (unpaired) electrons. The highest BCUT2D eigenvalue weighted by Gasteiger charge is 2.29. The molecule has 1 aliphatic rings. The maximum atomic E-state index is 12.2. The topological polar surface area (TPSA) is 105 Å². The summed E-state index contributed by atoms with van der Waals surface area (Å²) in [6.45, 7) is 1.90. The molecule has 1 aliphatic carbocycles. The zero-order chi connectivity index (χ0) is 22.0. The molecule has 0 saturated heterocycles. The molecule has 31 heavy (non-hydrogen) atoms. The number of carbonyl (C=O) groups is 1. The van der Waals surface area contributed by atoms with Crippen molar-refractivity contribution in [1.29, 1.82) is 0 Å². The first-order valence-corrected chi connectivity index (χ1v) is 10.3. The van der Waals surface area contributed by atoms with Gasteiger partial charge in [-0.05, 0) is 46.4 Å². The molecule has 160 valence electrons. The zero-order valence-electron chi connectivity index (χ0n) is 17.3. The van der Waals surface area contributed by atoms with Gasteiger partial charge in [0.1, 0.15) is 18.8 Å². The van der Waals surface area contributed by atoms with Gasteiger partial charge in [-0.3, -0.25) is 0 Å². The Hall–Kier alpha value is -3.35. The van der Waals surface area contributed by atoms with Crippen molar-refractivity contribution in [1.82, 2.24) is 5.32 Å². The largest absolute Gasteiger partial charge is 0.449 e. The fourth-order valence-corrected chi connectivity index (χ4v) is 4.01. The second kappa shape index (κ2) is 8.79. The molecule has 0 aliphatic heterocycles. The maximum Gasteiger partial charge on any atom is 0.407 e. The van der Waals surface area contributed by atoms with E-state index in [9.17, 15) is 15.0 Å². The second-order valence-electron chi connectivity index (χ2n) is 7.83. The molecule has 3 aromatic carbocycles. The van der Waals surface area contributed by atoms with E-state index in [-0.39, 0.29) is 19.1 Å². The van der Waals surface area contributed by atoms with Crippen molar-refractivity contribution in [2.24, 2.45) is 0 Å². The molecule has 4 rings (SSSR count). The number of nitrogens with one attached hydrogen (secondary N) is 1. The molecule has 6 nitrogen and oxygen atoms in total. The molecule has 5 N–H and O–H groups in total. The average molecular weight is 418 g/mol. The van der Waals surface area contributed by atoms with Crippen LogP contribution >= 0.6 is 0 Å².